The summed E-state index contributed by atoms with van der Waals surface area (Å²) in [5.41, 5.74) is 0.698. The van der Waals surface area contributed by atoms with Crippen LogP contribution in [0.5, 0.6) is 5.75 Å². The molecular weight excluding hydrogens is 477 g/mol. The number of rotatable bonds is 5. The minimum absolute atomic E-state index is 0.156. The summed E-state index contributed by atoms with van der Waals surface area (Å²) in [6, 6.07) is 10.8. The highest BCUT2D eigenvalue weighted by molar-refractivity contribution is 5.94. The number of carbonyl (C=O) groups is 3. The quantitative estimate of drug-likeness (QED) is 0.591. The third kappa shape index (κ3) is 6.99. The van der Waals surface area contributed by atoms with Crippen molar-refractivity contribution in [3.63, 3.8) is 0 Å². The van der Waals surface area contributed by atoms with Gasteiger partial charge in [0.2, 0.25) is 6.10 Å². The van der Waals surface area contributed by atoms with Crippen LogP contribution in [0, 0.1) is 12.7 Å². The molecule has 3 rings (SSSR count). The second-order valence-corrected chi connectivity index (χ2v) is 10.5. The highest BCUT2D eigenvalue weighted by atomic mass is 19.1. The van der Waals surface area contributed by atoms with Crippen molar-refractivity contribution in [2.24, 2.45) is 0 Å². The van der Waals surface area contributed by atoms with Crippen LogP contribution in [0.1, 0.15) is 55.3 Å². The van der Waals surface area contributed by atoms with Crippen molar-refractivity contribution < 1.29 is 28.2 Å². The van der Waals surface area contributed by atoms with E-state index in [4.69, 9.17) is 9.47 Å². The summed E-state index contributed by atoms with van der Waals surface area (Å²) >= 11 is 0. The number of ether oxygens (including phenoxy) is 2. The van der Waals surface area contributed by atoms with Crippen LogP contribution >= 0.6 is 0 Å². The molecule has 1 heterocycles. The van der Waals surface area contributed by atoms with Crippen molar-refractivity contribution in [1.82, 2.24) is 14.7 Å². The van der Waals surface area contributed by atoms with E-state index in [0.29, 0.717) is 29.0 Å². The second kappa shape index (κ2) is 11.2. The van der Waals surface area contributed by atoms with Crippen molar-refractivity contribution in [2.45, 2.75) is 52.4 Å². The maximum Gasteiger partial charge on any atom is 0.410 e. The zero-order valence-corrected chi connectivity index (χ0v) is 22.6. The van der Waals surface area contributed by atoms with Crippen molar-refractivity contribution in [1.29, 1.82) is 0 Å². The molecular formula is C28H36FN3O5. The lowest BCUT2D eigenvalue weighted by atomic mass is 10.0. The van der Waals surface area contributed by atoms with E-state index in [1.165, 1.54) is 11.0 Å². The molecule has 200 valence electrons. The molecule has 0 unspecified atom stereocenters. The van der Waals surface area contributed by atoms with Crippen LogP contribution in [-0.2, 0) is 9.53 Å². The molecule has 3 amide bonds. The second-order valence-electron chi connectivity index (χ2n) is 10.5. The Morgan fingerprint density at radius 2 is 1.70 bits per heavy atom. The molecule has 2 aromatic carbocycles. The van der Waals surface area contributed by atoms with Gasteiger partial charge in [-0.25, -0.2) is 9.18 Å². The topological polar surface area (TPSA) is 79.4 Å². The monoisotopic (exact) mass is 513 g/mol. The van der Waals surface area contributed by atoms with Gasteiger partial charge in [-0.1, -0.05) is 12.1 Å². The largest absolute Gasteiger partial charge is 0.476 e. The first-order chi connectivity index (χ1) is 17.3. The summed E-state index contributed by atoms with van der Waals surface area (Å²) in [7, 11) is 3.33. The predicted molar refractivity (Wildman–Crippen MR) is 138 cm³/mol. The number of aryl methyl sites for hydroxylation is 1. The smallest absolute Gasteiger partial charge is 0.410 e. The Labute approximate surface area is 217 Å². The maximum absolute atomic E-state index is 14.5. The third-order valence-electron chi connectivity index (χ3n) is 6.05. The molecule has 2 atom stereocenters. The number of nitrogens with zero attached hydrogens (tertiary/aromatic N) is 3. The number of hydrogen-bond donors (Lipinski definition) is 0. The first kappa shape index (κ1) is 28.0. The number of piperazine rings is 1. The van der Waals surface area contributed by atoms with Crippen LogP contribution in [0.4, 0.5) is 9.18 Å². The number of carbonyl (C=O) groups excluding carboxylic acids is 3. The van der Waals surface area contributed by atoms with E-state index >= 15 is 0 Å². The van der Waals surface area contributed by atoms with E-state index in [9.17, 15) is 18.8 Å². The summed E-state index contributed by atoms with van der Waals surface area (Å²) in [5, 5.41) is 0. The molecule has 37 heavy (non-hydrogen) atoms. The summed E-state index contributed by atoms with van der Waals surface area (Å²) in [5.74, 6) is -0.562. The van der Waals surface area contributed by atoms with E-state index in [2.05, 4.69) is 0 Å². The van der Waals surface area contributed by atoms with Crippen molar-refractivity contribution in [3.05, 3.63) is 65.0 Å². The number of benzene rings is 2. The number of amides is 3. The first-order valence-electron chi connectivity index (χ1n) is 12.3. The highest BCUT2D eigenvalue weighted by Crippen LogP contribution is 2.27. The summed E-state index contributed by atoms with van der Waals surface area (Å²) < 4.78 is 26.0. The molecule has 1 aliphatic rings. The Hall–Kier alpha value is -3.62. The predicted octanol–water partition coefficient (Wildman–Crippen LogP) is 4.42. The molecule has 1 saturated heterocycles. The van der Waals surface area contributed by atoms with Gasteiger partial charge in [-0.3, -0.25) is 9.59 Å². The Bertz CT molecular complexity index is 1140. The summed E-state index contributed by atoms with van der Waals surface area (Å²) in [4.78, 5) is 43.2. The molecule has 0 aliphatic carbocycles. The third-order valence-corrected chi connectivity index (χ3v) is 6.05. The molecule has 0 bridgehead atoms. The molecule has 8 nitrogen and oxygen atoms in total. The minimum Gasteiger partial charge on any atom is -0.476 e. The average molecular weight is 514 g/mol. The lowest BCUT2D eigenvalue weighted by Gasteiger charge is -2.41. The summed E-state index contributed by atoms with van der Waals surface area (Å²) in [6.45, 7) is 9.79. The highest BCUT2D eigenvalue weighted by Gasteiger charge is 2.36. The van der Waals surface area contributed by atoms with Crippen LogP contribution in [0.2, 0.25) is 0 Å². The molecule has 0 aromatic heterocycles. The van der Waals surface area contributed by atoms with Gasteiger partial charge in [0.1, 0.15) is 17.2 Å². The molecule has 0 N–H and O–H groups in total. The van der Waals surface area contributed by atoms with E-state index < -0.39 is 23.6 Å². The van der Waals surface area contributed by atoms with Gasteiger partial charge in [0.25, 0.3) is 11.8 Å². The average Bonchev–Trinajstić information content (AvgIpc) is 2.82. The van der Waals surface area contributed by atoms with Gasteiger partial charge in [-0.15, -0.1) is 0 Å². The van der Waals surface area contributed by atoms with Gasteiger partial charge in [0.15, 0.2) is 0 Å². The zero-order valence-electron chi connectivity index (χ0n) is 22.6. The van der Waals surface area contributed by atoms with Gasteiger partial charge < -0.3 is 24.2 Å². The Morgan fingerprint density at radius 3 is 2.24 bits per heavy atom. The fraction of sp³-hybridized carbons (Fsp3) is 0.464. The van der Waals surface area contributed by atoms with Gasteiger partial charge in [-0.2, -0.15) is 0 Å². The first-order valence-corrected chi connectivity index (χ1v) is 12.3. The molecule has 0 radical (unpaired) electrons. The van der Waals surface area contributed by atoms with E-state index in [1.807, 2.05) is 6.92 Å². The lowest BCUT2D eigenvalue weighted by Crippen LogP contribution is -2.57. The maximum atomic E-state index is 14.5. The van der Waals surface area contributed by atoms with Gasteiger partial charge >= 0.3 is 6.09 Å². The van der Waals surface area contributed by atoms with Crippen LogP contribution in [0.25, 0.3) is 0 Å². The Balaban J connectivity index is 1.82. The number of halogens is 1. The van der Waals surface area contributed by atoms with Crippen molar-refractivity contribution >= 4 is 17.9 Å². The minimum atomic E-state index is -1.11. The van der Waals surface area contributed by atoms with Crippen LogP contribution in [0.3, 0.4) is 0 Å². The molecule has 2 aromatic rings. The van der Waals surface area contributed by atoms with Gasteiger partial charge in [-0.05, 0) is 70.5 Å². The standard InChI is InChI=1S/C28H36FN3O5/c1-18-8-9-21(16-23(18)29)24(36-22-12-10-20(11-13-22)25(33)30(6)7)26(34)31-14-15-32(19(2)17-31)27(35)37-28(3,4)5/h8-13,16,19,24H,14-15,17H2,1-7H3/t19-,24+/m1/s1. The normalized spacial score (nSPS) is 16.7. The lowest BCUT2D eigenvalue weighted by molar-refractivity contribution is -0.142. The van der Waals surface area contributed by atoms with E-state index in [-0.39, 0.29) is 30.9 Å². The SMILES string of the molecule is Cc1ccc([C@H](Oc2ccc(C(=O)N(C)C)cc2)C(=O)N2CCN(C(=O)OC(C)(C)C)[C@H](C)C2)cc1F. The molecule has 0 spiro atoms. The Morgan fingerprint density at radius 1 is 1.05 bits per heavy atom. The molecule has 1 aliphatic heterocycles. The van der Waals surface area contributed by atoms with E-state index in [0.717, 1.165) is 0 Å². The van der Waals surface area contributed by atoms with Crippen LogP contribution in [-0.4, -0.2) is 78.0 Å². The Kier molecular flexibility index (Phi) is 8.46. The molecule has 9 heteroatoms. The van der Waals surface area contributed by atoms with E-state index in [1.54, 1.807) is 88.0 Å². The molecule has 0 saturated carbocycles. The van der Waals surface area contributed by atoms with Gasteiger partial charge in [0, 0.05) is 50.9 Å². The van der Waals surface area contributed by atoms with Crippen LogP contribution < -0.4 is 4.74 Å². The fourth-order valence-electron chi connectivity index (χ4n) is 4.02. The van der Waals surface area contributed by atoms with Crippen molar-refractivity contribution in [3.8, 4) is 5.75 Å². The van der Waals surface area contributed by atoms with Crippen molar-refractivity contribution in [2.75, 3.05) is 33.7 Å². The number of hydrogen-bond acceptors (Lipinski definition) is 5. The van der Waals surface area contributed by atoms with Crippen LogP contribution in [0.15, 0.2) is 42.5 Å². The van der Waals surface area contributed by atoms with Gasteiger partial charge in [0.05, 0.1) is 0 Å². The zero-order chi connectivity index (χ0) is 27.5. The fourth-order valence-corrected chi connectivity index (χ4v) is 4.02. The summed E-state index contributed by atoms with van der Waals surface area (Å²) in [6.07, 6.45) is -1.53. The molecule has 1 fully saturated rings.